The summed E-state index contributed by atoms with van der Waals surface area (Å²) in [6.07, 6.45) is 24.6. The summed E-state index contributed by atoms with van der Waals surface area (Å²) in [4.78, 5) is 0. The minimum absolute atomic E-state index is 0.550. The molecule has 23 heavy (non-hydrogen) atoms. The first-order chi connectivity index (χ1) is 11.3. The Morgan fingerprint density at radius 3 is 1.91 bits per heavy atom. The summed E-state index contributed by atoms with van der Waals surface area (Å²) in [5.74, 6) is 3.03. The van der Waals surface area contributed by atoms with Gasteiger partial charge in [-0.3, -0.25) is 0 Å². The molecule has 2 fully saturated rings. The minimum Gasteiger partial charge on any atom is -0.378 e. The van der Waals surface area contributed by atoms with Crippen molar-refractivity contribution in [3.63, 3.8) is 0 Å². The maximum absolute atomic E-state index is 6.03. The molecule has 0 unspecified atom stereocenters. The van der Waals surface area contributed by atoms with Crippen LogP contribution >= 0.6 is 0 Å². The first-order valence-corrected chi connectivity index (χ1v) is 10.2. The molecule has 0 atom stereocenters. The van der Waals surface area contributed by atoms with E-state index in [9.17, 15) is 0 Å². The van der Waals surface area contributed by atoms with Gasteiger partial charge in [0.1, 0.15) is 0 Å². The second-order valence-corrected chi connectivity index (χ2v) is 7.69. The van der Waals surface area contributed by atoms with E-state index in [1.54, 1.807) is 0 Å². The molecule has 0 N–H and O–H groups in total. The van der Waals surface area contributed by atoms with Crippen molar-refractivity contribution in [2.45, 2.75) is 90.6 Å². The Morgan fingerprint density at radius 2 is 1.30 bits per heavy atom. The molecule has 2 aliphatic carbocycles. The van der Waals surface area contributed by atoms with E-state index in [2.05, 4.69) is 38.2 Å². The van der Waals surface area contributed by atoms with Crippen molar-refractivity contribution in [3.05, 3.63) is 24.3 Å². The zero-order chi connectivity index (χ0) is 16.3. The van der Waals surface area contributed by atoms with Gasteiger partial charge in [-0.25, -0.2) is 0 Å². The normalized spacial score (nSPS) is 32.8. The largest absolute Gasteiger partial charge is 0.378 e. The molecule has 1 nitrogen and oxygen atoms in total. The predicted octanol–water partition coefficient (Wildman–Crippen LogP) is 6.69. The van der Waals surface area contributed by atoms with Crippen LogP contribution in [0, 0.1) is 17.8 Å². The van der Waals surface area contributed by atoms with Gasteiger partial charge < -0.3 is 4.74 Å². The van der Waals surface area contributed by atoms with Gasteiger partial charge in [0.05, 0.1) is 12.7 Å². The molecule has 0 radical (unpaired) electrons. The van der Waals surface area contributed by atoms with Crippen molar-refractivity contribution in [1.29, 1.82) is 0 Å². The third-order valence-corrected chi connectivity index (χ3v) is 6.13. The molecule has 2 saturated carbocycles. The number of rotatable bonds is 8. The topological polar surface area (TPSA) is 9.23 Å². The molecule has 0 aromatic rings. The maximum Gasteiger partial charge on any atom is 0.0575 e. The summed E-state index contributed by atoms with van der Waals surface area (Å²) >= 11 is 0. The Hall–Kier alpha value is -0.560. The van der Waals surface area contributed by atoms with Crippen LogP contribution in [0.1, 0.15) is 84.5 Å². The van der Waals surface area contributed by atoms with Crippen molar-refractivity contribution in [2.75, 3.05) is 6.61 Å². The quantitative estimate of drug-likeness (QED) is 0.358. The minimum atomic E-state index is 0.550. The van der Waals surface area contributed by atoms with Crippen LogP contribution in [0.5, 0.6) is 0 Å². The smallest absolute Gasteiger partial charge is 0.0575 e. The van der Waals surface area contributed by atoms with Gasteiger partial charge in [-0.15, -0.1) is 0 Å². The van der Waals surface area contributed by atoms with Gasteiger partial charge in [-0.2, -0.15) is 0 Å². The highest BCUT2D eigenvalue weighted by Gasteiger charge is 2.30. The molecule has 2 aliphatic rings. The average molecular weight is 319 g/mol. The van der Waals surface area contributed by atoms with E-state index >= 15 is 0 Å². The van der Waals surface area contributed by atoms with Gasteiger partial charge >= 0.3 is 0 Å². The van der Waals surface area contributed by atoms with Crippen molar-refractivity contribution in [2.24, 2.45) is 17.8 Å². The van der Waals surface area contributed by atoms with E-state index in [4.69, 9.17) is 4.74 Å². The number of ether oxygens (including phenoxy) is 1. The Kier molecular flexibility index (Phi) is 9.04. The average Bonchev–Trinajstić information content (AvgIpc) is 2.60. The van der Waals surface area contributed by atoms with E-state index in [0.29, 0.717) is 6.10 Å². The van der Waals surface area contributed by atoms with Crippen LogP contribution in [-0.2, 0) is 4.74 Å². The molecule has 0 spiro atoms. The number of allylic oxidation sites excluding steroid dienone is 3. The lowest BCUT2D eigenvalue weighted by Gasteiger charge is -2.37. The second-order valence-electron chi connectivity index (χ2n) is 7.69. The zero-order valence-corrected chi connectivity index (χ0v) is 15.5. The molecule has 1 heteroatoms. The Balaban J connectivity index is 1.59. The van der Waals surface area contributed by atoms with Crippen LogP contribution in [0.25, 0.3) is 0 Å². The maximum atomic E-state index is 6.03. The Morgan fingerprint density at radius 1 is 0.739 bits per heavy atom. The lowest BCUT2D eigenvalue weighted by Crippen LogP contribution is -2.28. The summed E-state index contributed by atoms with van der Waals surface area (Å²) in [5, 5.41) is 0. The fourth-order valence-electron chi connectivity index (χ4n) is 4.64. The highest BCUT2D eigenvalue weighted by atomic mass is 16.5. The fourth-order valence-corrected chi connectivity index (χ4v) is 4.64. The molecule has 0 aromatic heterocycles. The molecule has 0 amide bonds. The van der Waals surface area contributed by atoms with Crippen molar-refractivity contribution in [1.82, 2.24) is 0 Å². The van der Waals surface area contributed by atoms with Crippen molar-refractivity contribution >= 4 is 0 Å². The molecular weight excluding hydrogens is 280 g/mol. The van der Waals surface area contributed by atoms with Gasteiger partial charge in [0, 0.05) is 0 Å². The zero-order valence-electron chi connectivity index (χ0n) is 15.5. The predicted molar refractivity (Wildman–Crippen MR) is 101 cm³/mol. The van der Waals surface area contributed by atoms with Crippen molar-refractivity contribution < 1.29 is 4.74 Å². The Labute approximate surface area is 144 Å². The van der Waals surface area contributed by atoms with Crippen LogP contribution in [0.3, 0.4) is 0 Å². The summed E-state index contributed by atoms with van der Waals surface area (Å²) in [6, 6.07) is 0. The van der Waals surface area contributed by atoms with E-state index < -0.39 is 0 Å². The lowest BCUT2D eigenvalue weighted by atomic mass is 9.70. The molecule has 132 valence electrons. The highest BCUT2D eigenvalue weighted by molar-refractivity contribution is 4.84. The third-order valence-electron chi connectivity index (χ3n) is 6.13. The summed E-state index contributed by atoms with van der Waals surface area (Å²) in [7, 11) is 0. The van der Waals surface area contributed by atoms with Crippen LogP contribution in [0.2, 0.25) is 0 Å². The fraction of sp³-hybridized carbons (Fsp3) is 0.818. The standard InChI is InChI=1S/C22H38O/c1-3-5-7-9-19-10-12-20(13-11-19)21-14-16-22(17-15-21)23-18-8-6-4-2/h3-6,19-22H,7-18H2,1-2H3/b5-3+,6-4-/t19-,20-,21-,22-. The summed E-state index contributed by atoms with van der Waals surface area (Å²) in [5.41, 5.74) is 0. The molecule has 2 rings (SSSR count). The highest BCUT2D eigenvalue weighted by Crippen LogP contribution is 2.41. The van der Waals surface area contributed by atoms with Gasteiger partial charge in [0.2, 0.25) is 0 Å². The summed E-state index contributed by atoms with van der Waals surface area (Å²) in [6.45, 7) is 5.13. The van der Waals surface area contributed by atoms with Crippen LogP contribution < -0.4 is 0 Å². The van der Waals surface area contributed by atoms with E-state index in [0.717, 1.165) is 30.8 Å². The molecule has 0 aliphatic heterocycles. The van der Waals surface area contributed by atoms with Gasteiger partial charge in [0.25, 0.3) is 0 Å². The van der Waals surface area contributed by atoms with Gasteiger partial charge in [0.15, 0.2) is 0 Å². The van der Waals surface area contributed by atoms with E-state index in [1.165, 1.54) is 64.2 Å². The number of hydrogen-bond donors (Lipinski definition) is 0. The second kappa shape index (κ2) is 11.1. The van der Waals surface area contributed by atoms with Crippen LogP contribution in [-0.4, -0.2) is 12.7 Å². The molecule has 0 aromatic carbocycles. The van der Waals surface area contributed by atoms with E-state index in [1.807, 2.05) is 0 Å². The monoisotopic (exact) mass is 318 g/mol. The van der Waals surface area contributed by atoms with Gasteiger partial charge in [-0.05, 0) is 89.4 Å². The SMILES string of the molecule is C/C=C\CCO[C@H]1CC[C@H]([C@H]2CC[C@H](CC/C=C/C)CC2)CC1. The molecule has 0 heterocycles. The van der Waals surface area contributed by atoms with Crippen LogP contribution in [0.4, 0.5) is 0 Å². The molecular formula is C22H38O. The molecule has 0 bridgehead atoms. The van der Waals surface area contributed by atoms with Gasteiger partial charge in [-0.1, -0.05) is 37.1 Å². The van der Waals surface area contributed by atoms with Crippen LogP contribution in [0.15, 0.2) is 24.3 Å². The Bertz CT molecular complexity index is 341. The van der Waals surface area contributed by atoms with E-state index in [-0.39, 0.29) is 0 Å². The van der Waals surface area contributed by atoms with Crippen molar-refractivity contribution in [3.8, 4) is 0 Å². The first-order valence-electron chi connectivity index (χ1n) is 10.2. The third kappa shape index (κ3) is 6.83. The lowest BCUT2D eigenvalue weighted by molar-refractivity contribution is 0.00913. The summed E-state index contributed by atoms with van der Waals surface area (Å²) < 4.78 is 6.03. The number of hydrogen-bond acceptors (Lipinski definition) is 1. The molecule has 0 saturated heterocycles. The first kappa shape index (κ1) is 18.8.